The average molecular weight is 296 g/mol. The van der Waals surface area contributed by atoms with Crippen molar-refractivity contribution in [2.75, 3.05) is 6.54 Å². The quantitative estimate of drug-likeness (QED) is 0.572. The topological polar surface area (TPSA) is 49.4 Å². The molecule has 4 nitrogen and oxygen atoms in total. The van der Waals surface area contributed by atoms with E-state index in [0.717, 1.165) is 44.9 Å². The highest BCUT2D eigenvalue weighted by molar-refractivity contribution is 5.75. The lowest BCUT2D eigenvalue weighted by molar-refractivity contribution is -0.107. The third kappa shape index (κ3) is 7.49. The minimum absolute atomic E-state index is 0.0739. The Morgan fingerprint density at radius 3 is 2.38 bits per heavy atom. The van der Waals surface area contributed by atoms with Crippen molar-refractivity contribution in [1.29, 1.82) is 0 Å². The van der Waals surface area contributed by atoms with E-state index in [0.29, 0.717) is 12.5 Å². The Balaban J connectivity index is 2.52. The minimum atomic E-state index is -0.193. The maximum atomic E-state index is 12.5. The molecule has 1 fully saturated rings. The molecule has 2 amide bonds. The molecule has 0 heterocycles. The summed E-state index contributed by atoms with van der Waals surface area (Å²) in [6, 6.07) is 0.469. The molecule has 0 aromatic carbocycles. The highest BCUT2D eigenvalue weighted by atomic mass is 16.2. The van der Waals surface area contributed by atoms with E-state index >= 15 is 0 Å². The number of carbonyl (C=O) groups is 2. The lowest BCUT2D eigenvalue weighted by Gasteiger charge is -2.36. The van der Waals surface area contributed by atoms with Crippen LogP contribution in [0, 0.1) is 0 Å². The first-order valence-electron chi connectivity index (χ1n) is 8.46. The van der Waals surface area contributed by atoms with Crippen molar-refractivity contribution < 1.29 is 9.59 Å². The van der Waals surface area contributed by atoms with Gasteiger partial charge < -0.3 is 15.0 Å². The van der Waals surface area contributed by atoms with Crippen LogP contribution in [0.15, 0.2) is 0 Å². The zero-order chi connectivity index (χ0) is 15.7. The smallest absolute Gasteiger partial charge is 0.318 e. The summed E-state index contributed by atoms with van der Waals surface area (Å²) >= 11 is 0. The van der Waals surface area contributed by atoms with Crippen LogP contribution in [-0.4, -0.2) is 35.3 Å². The first-order valence-corrected chi connectivity index (χ1v) is 8.46. The zero-order valence-corrected chi connectivity index (χ0v) is 14.0. The highest BCUT2D eigenvalue weighted by Gasteiger charge is 2.27. The van der Waals surface area contributed by atoms with Crippen LogP contribution in [-0.2, 0) is 4.79 Å². The van der Waals surface area contributed by atoms with Gasteiger partial charge in [0.1, 0.15) is 6.29 Å². The molecule has 4 heteroatoms. The fraction of sp³-hybridized carbons (Fsp3) is 0.882. The number of unbranched alkanes of at least 4 members (excludes halogenated alkanes) is 3. The maximum absolute atomic E-state index is 12.5. The van der Waals surface area contributed by atoms with Gasteiger partial charge in [0.25, 0.3) is 0 Å². The number of aldehydes is 1. The van der Waals surface area contributed by atoms with Crippen LogP contribution in [0.25, 0.3) is 0 Å². The largest absolute Gasteiger partial charge is 0.333 e. The predicted octanol–water partition coefficient (Wildman–Crippen LogP) is 3.89. The van der Waals surface area contributed by atoms with Gasteiger partial charge in [-0.1, -0.05) is 25.7 Å². The molecule has 0 unspecified atom stereocenters. The van der Waals surface area contributed by atoms with Crippen molar-refractivity contribution in [2.45, 2.75) is 90.1 Å². The van der Waals surface area contributed by atoms with Gasteiger partial charge in [-0.25, -0.2) is 4.79 Å². The van der Waals surface area contributed by atoms with Crippen molar-refractivity contribution in [2.24, 2.45) is 0 Å². The van der Waals surface area contributed by atoms with Crippen LogP contribution in [0.3, 0.4) is 0 Å². The lowest BCUT2D eigenvalue weighted by atomic mass is 9.94. The molecule has 0 atom stereocenters. The summed E-state index contributed by atoms with van der Waals surface area (Å²) < 4.78 is 0. The van der Waals surface area contributed by atoms with Crippen LogP contribution in [0.1, 0.15) is 78.6 Å². The molecule has 1 N–H and O–H groups in total. The molecule has 1 aliphatic carbocycles. The van der Waals surface area contributed by atoms with Crippen molar-refractivity contribution in [3.05, 3.63) is 0 Å². The first kappa shape index (κ1) is 18.0. The van der Waals surface area contributed by atoms with E-state index in [1.54, 1.807) is 0 Å². The Labute approximate surface area is 129 Å². The first-order chi connectivity index (χ1) is 9.94. The zero-order valence-electron chi connectivity index (χ0n) is 14.0. The van der Waals surface area contributed by atoms with E-state index in [2.05, 4.69) is 5.32 Å². The minimum Gasteiger partial charge on any atom is -0.333 e. The van der Waals surface area contributed by atoms with Crippen LogP contribution in [0.4, 0.5) is 4.79 Å². The molecule has 0 radical (unpaired) electrons. The number of carbonyl (C=O) groups excluding carboxylic acids is 2. The van der Waals surface area contributed by atoms with Crippen LogP contribution >= 0.6 is 0 Å². The fourth-order valence-corrected chi connectivity index (χ4v) is 2.92. The van der Waals surface area contributed by atoms with Crippen molar-refractivity contribution >= 4 is 12.3 Å². The fourth-order valence-electron chi connectivity index (χ4n) is 2.92. The maximum Gasteiger partial charge on any atom is 0.318 e. The van der Waals surface area contributed by atoms with Gasteiger partial charge in [-0.15, -0.1) is 0 Å². The average Bonchev–Trinajstić information content (AvgIpc) is 2.41. The second-order valence-electron chi connectivity index (χ2n) is 7.18. The van der Waals surface area contributed by atoms with Gasteiger partial charge in [-0.3, -0.25) is 0 Å². The SMILES string of the molecule is CC(C)(C)NC(=O)N(CCCCCC=O)C1CCCCC1. The molecule has 0 aromatic rings. The molecule has 1 saturated carbocycles. The Hall–Kier alpha value is -1.06. The number of hydrogen-bond acceptors (Lipinski definition) is 2. The highest BCUT2D eigenvalue weighted by Crippen LogP contribution is 2.23. The van der Waals surface area contributed by atoms with Gasteiger partial charge in [0.15, 0.2) is 0 Å². The predicted molar refractivity (Wildman–Crippen MR) is 86.4 cm³/mol. The van der Waals surface area contributed by atoms with Crippen LogP contribution in [0.5, 0.6) is 0 Å². The molecule has 122 valence electrons. The van der Waals surface area contributed by atoms with Crippen molar-refractivity contribution in [3.63, 3.8) is 0 Å². The van der Waals surface area contributed by atoms with E-state index in [9.17, 15) is 9.59 Å². The number of urea groups is 1. The second kappa shape index (κ2) is 9.06. The summed E-state index contributed by atoms with van der Waals surface area (Å²) in [6.07, 6.45) is 10.6. The number of nitrogens with zero attached hydrogens (tertiary/aromatic N) is 1. The molecular formula is C17H32N2O2. The molecular weight excluding hydrogens is 264 g/mol. The Kier molecular flexibility index (Phi) is 7.76. The summed E-state index contributed by atoms with van der Waals surface area (Å²) in [7, 11) is 0. The third-order valence-corrected chi connectivity index (χ3v) is 3.98. The van der Waals surface area contributed by atoms with E-state index in [-0.39, 0.29) is 11.6 Å². The van der Waals surface area contributed by atoms with Gasteiger partial charge >= 0.3 is 6.03 Å². The summed E-state index contributed by atoms with van der Waals surface area (Å²) in [6.45, 7) is 6.88. The van der Waals surface area contributed by atoms with Gasteiger partial charge in [0.05, 0.1) is 0 Å². The second-order valence-corrected chi connectivity index (χ2v) is 7.18. The summed E-state index contributed by atoms with van der Waals surface area (Å²) in [4.78, 5) is 24.9. The van der Waals surface area contributed by atoms with Crippen LogP contribution < -0.4 is 5.32 Å². The lowest BCUT2D eigenvalue weighted by Crippen LogP contribution is -2.52. The molecule has 0 bridgehead atoms. The number of amides is 2. The molecule has 0 aliphatic heterocycles. The summed E-state index contributed by atoms with van der Waals surface area (Å²) in [5, 5.41) is 3.10. The van der Waals surface area contributed by atoms with Gasteiger partial charge in [-0.05, 0) is 46.5 Å². The molecule has 0 aromatic heterocycles. The van der Waals surface area contributed by atoms with E-state index in [4.69, 9.17) is 0 Å². The van der Waals surface area contributed by atoms with E-state index < -0.39 is 0 Å². The molecule has 0 spiro atoms. The van der Waals surface area contributed by atoms with E-state index in [1.165, 1.54) is 19.3 Å². The van der Waals surface area contributed by atoms with Crippen LogP contribution in [0.2, 0.25) is 0 Å². The Bertz CT molecular complexity index is 317. The van der Waals surface area contributed by atoms with Gasteiger partial charge in [-0.2, -0.15) is 0 Å². The Morgan fingerprint density at radius 2 is 1.81 bits per heavy atom. The van der Waals surface area contributed by atoms with Crippen molar-refractivity contribution in [1.82, 2.24) is 10.2 Å². The monoisotopic (exact) mass is 296 g/mol. The van der Waals surface area contributed by atoms with Gasteiger partial charge in [0, 0.05) is 24.5 Å². The molecule has 21 heavy (non-hydrogen) atoms. The Morgan fingerprint density at radius 1 is 1.14 bits per heavy atom. The number of rotatable bonds is 7. The normalized spacial score (nSPS) is 16.5. The molecule has 1 rings (SSSR count). The van der Waals surface area contributed by atoms with Gasteiger partial charge in [0.2, 0.25) is 0 Å². The van der Waals surface area contributed by atoms with Crippen molar-refractivity contribution in [3.8, 4) is 0 Å². The standard InChI is InChI=1S/C17H32N2O2/c1-17(2,3)18-16(21)19(13-9-4-5-10-14-20)15-11-7-6-8-12-15/h14-15H,4-13H2,1-3H3,(H,18,21). The third-order valence-electron chi connectivity index (χ3n) is 3.98. The van der Waals surface area contributed by atoms with E-state index in [1.807, 2.05) is 25.7 Å². The number of hydrogen-bond donors (Lipinski definition) is 1. The molecule has 0 saturated heterocycles. The summed E-state index contributed by atoms with van der Waals surface area (Å²) in [5.74, 6) is 0. The number of nitrogens with one attached hydrogen (secondary N) is 1. The molecule has 1 aliphatic rings. The summed E-state index contributed by atoms with van der Waals surface area (Å²) in [5.41, 5.74) is -0.193.